The van der Waals surface area contributed by atoms with Crippen molar-refractivity contribution in [2.75, 3.05) is 6.54 Å². The first-order chi connectivity index (χ1) is 18.8. The minimum Gasteiger partial charge on any atom is -0.480 e. The maximum absolute atomic E-state index is 11.9. The van der Waals surface area contributed by atoms with Crippen molar-refractivity contribution in [3.8, 4) is 0 Å². The Balaban J connectivity index is 0.000000340. The first kappa shape index (κ1) is 33.5. The SMILES string of the molecule is NC(=O)c1cnc2ccccc2c1.NCCC[C@H](NC(=O)[C@@H](N)Cc1ccccc1)C(=O)O.O=C(O)C(F)(F)F. The number of fused-ring (bicyclic) bond motifs is 1. The van der Waals surface area contributed by atoms with Gasteiger partial charge in [0.2, 0.25) is 11.8 Å². The number of nitrogens with one attached hydrogen (secondary N) is 1. The summed E-state index contributed by atoms with van der Waals surface area (Å²) in [4.78, 5) is 46.7. The summed E-state index contributed by atoms with van der Waals surface area (Å²) in [6, 6.07) is 17.0. The predicted molar refractivity (Wildman–Crippen MR) is 140 cm³/mol. The summed E-state index contributed by atoms with van der Waals surface area (Å²) in [6.45, 7) is 0.385. The third-order valence-electron chi connectivity index (χ3n) is 5.06. The molecule has 14 heteroatoms. The smallest absolute Gasteiger partial charge is 0.480 e. The number of primary amides is 1. The summed E-state index contributed by atoms with van der Waals surface area (Å²) in [5.74, 6) is -4.73. The molecule has 0 spiro atoms. The van der Waals surface area contributed by atoms with Crippen molar-refractivity contribution in [2.24, 2.45) is 17.2 Å². The number of halogens is 3. The maximum atomic E-state index is 11.9. The number of hydrogen-bond acceptors (Lipinski definition) is 7. The molecule has 1 aromatic heterocycles. The van der Waals surface area contributed by atoms with Crippen LogP contribution in [0.25, 0.3) is 10.9 Å². The normalized spacial score (nSPS) is 12.0. The summed E-state index contributed by atoms with van der Waals surface area (Å²) in [7, 11) is 0. The zero-order chi connectivity index (χ0) is 30.3. The van der Waals surface area contributed by atoms with Crippen LogP contribution in [-0.2, 0) is 20.8 Å². The number of carbonyl (C=O) groups excluding carboxylic acids is 2. The maximum Gasteiger partial charge on any atom is 0.490 e. The van der Waals surface area contributed by atoms with Crippen LogP contribution in [0.15, 0.2) is 66.9 Å². The number of pyridine rings is 1. The highest BCUT2D eigenvalue weighted by Crippen LogP contribution is 2.13. The highest BCUT2D eigenvalue weighted by molar-refractivity contribution is 5.96. The van der Waals surface area contributed by atoms with E-state index in [1.165, 1.54) is 6.20 Å². The molecule has 0 aliphatic heterocycles. The molecule has 2 atom stereocenters. The van der Waals surface area contributed by atoms with Gasteiger partial charge in [0.1, 0.15) is 6.04 Å². The van der Waals surface area contributed by atoms with E-state index in [1.54, 1.807) is 6.07 Å². The molecule has 0 fully saturated rings. The summed E-state index contributed by atoms with van der Waals surface area (Å²) in [5, 5.41) is 19.5. The highest BCUT2D eigenvalue weighted by atomic mass is 19.4. The number of hydrogen-bond donors (Lipinski definition) is 6. The second-order valence-electron chi connectivity index (χ2n) is 8.21. The molecule has 9 N–H and O–H groups in total. The Bertz CT molecular complexity index is 1270. The lowest BCUT2D eigenvalue weighted by molar-refractivity contribution is -0.192. The molecule has 0 saturated heterocycles. The van der Waals surface area contributed by atoms with Crippen LogP contribution in [0.3, 0.4) is 0 Å². The van der Waals surface area contributed by atoms with Crippen LogP contribution < -0.4 is 22.5 Å². The van der Waals surface area contributed by atoms with Crippen LogP contribution in [0.2, 0.25) is 0 Å². The monoisotopic (exact) mass is 565 g/mol. The number of amides is 2. The number of aromatic nitrogens is 1. The fourth-order valence-corrected chi connectivity index (χ4v) is 3.02. The molecular weight excluding hydrogens is 535 g/mol. The van der Waals surface area contributed by atoms with Gasteiger partial charge in [0, 0.05) is 11.6 Å². The van der Waals surface area contributed by atoms with E-state index in [2.05, 4.69) is 10.3 Å². The van der Waals surface area contributed by atoms with Crippen LogP contribution in [0, 0.1) is 0 Å². The lowest BCUT2D eigenvalue weighted by Crippen LogP contribution is -2.49. The van der Waals surface area contributed by atoms with Gasteiger partial charge in [0.25, 0.3) is 0 Å². The summed E-state index contributed by atoms with van der Waals surface area (Å²) in [5.41, 5.74) is 18.5. The molecule has 3 rings (SSSR count). The molecule has 216 valence electrons. The van der Waals surface area contributed by atoms with E-state index >= 15 is 0 Å². The van der Waals surface area contributed by atoms with Gasteiger partial charge in [-0.25, -0.2) is 9.59 Å². The molecule has 1 heterocycles. The van der Waals surface area contributed by atoms with Crippen molar-refractivity contribution >= 4 is 34.7 Å². The second kappa shape index (κ2) is 16.4. The van der Waals surface area contributed by atoms with Gasteiger partial charge in [0.05, 0.1) is 17.1 Å². The fourth-order valence-electron chi connectivity index (χ4n) is 3.02. The molecule has 0 aliphatic carbocycles. The highest BCUT2D eigenvalue weighted by Gasteiger charge is 2.38. The van der Waals surface area contributed by atoms with Crippen LogP contribution in [0.1, 0.15) is 28.8 Å². The number of benzene rings is 2. The van der Waals surface area contributed by atoms with Crippen molar-refractivity contribution in [3.05, 3.63) is 78.0 Å². The van der Waals surface area contributed by atoms with Crippen LogP contribution in [0.5, 0.6) is 0 Å². The zero-order valence-corrected chi connectivity index (χ0v) is 21.2. The number of para-hydroxylation sites is 1. The molecule has 0 radical (unpaired) electrons. The third kappa shape index (κ3) is 12.3. The number of aliphatic carboxylic acids is 2. The average Bonchev–Trinajstić information content (AvgIpc) is 2.91. The quantitative estimate of drug-likeness (QED) is 0.223. The van der Waals surface area contributed by atoms with E-state index in [9.17, 15) is 27.6 Å². The Morgan fingerprint density at radius 3 is 2.08 bits per heavy atom. The molecule has 2 aromatic carbocycles. The van der Waals surface area contributed by atoms with Gasteiger partial charge in [-0.05, 0) is 43.5 Å². The van der Waals surface area contributed by atoms with E-state index in [0.717, 1.165) is 16.5 Å². The van der Waals surface area contributed by atoms with Crippen LogP contribution >= 0.6 is 0 Å². The third-order valence-corrected chi connectivity index (χ3v) is 5.06. The molecule has 3 aromatic rings. The summed E-state index contributed by atoms with van der Waals surface area (Å²) in [6.07, 6.45) is -2.39. The van der Waals surface area contributed by atoms with E-state index < -0.39 is 42.0 Å². The second-order valence-corrected chi connectivity index (χ2v) is 8.21. The Hall–Kier alpha value is -4.56. The van der Waals surface area contributed by atoms with Crippen molar-refractivity contribution in [1.82, 2.24) is 10.3 Å². The van der Waals surface area contributed by atoms with Gasteiger partial charge in [-0.1, -0.05) is 48.5 Å². The van der Waals surface area contributed by atoms with Gasteiger partial charge in [-0.2, -0.15) is 13.2 Å². The zero-order valence-electron chi connectivity index (χ0n) is 21.2. The van der Waals surface area contributed by atoms with Gasteiger partial charge in [-0.15, -0.1) is 0 Å². The van der Waals surface area contributed by atoms with Crippen LogP contribution in [-0.4, -0.2) is 63.8 Å². The largest absolute Gasteiger partial charge is 0.490 e. The van der Waals surface area contributed by atoms with E-state index in [0.29, 0.717) is 31.4 Å². The van der Waals surface area contributed by atoms with E-state index in [-0.39, 0.29) is 0 Å². The lowest BCUT2D eigenvalue weighted by atomic mass is 10.1. The van der Waals surface area contributed by atoms with Crippen LogP contribution in [0.4, 0.5) is 13.2 Å². The molecule has 11 nitrogen and oxygen atoms in total. The Kier molecular flexibility index (Phi) is 13.7. The van der Waals surface area contributed by atoms with E-state index in [4.69, 9.17) is 32.2 Å². The fraction of sp³-hybridized carbons (Fsp3) is 0.269. The first-order valence-electron chi connectivity index (χ1n) is 11.7. The molecule has 2 amide bonds. The van der Waals surface area contributed by atoms with Gasteiger partial charge in [0.15, 0.2) is 0 Å². The minimum atomic E-state index is -5.08. The van der Waals surface area contributed by atoms with Crippen molar-refractivity contribution < 1.29 is 42.6 Å². The number of nitrogens with zero attached hydrogens (tertiary/aromatic N) is 1. The standard InChI is InChI=1S/C14H21N3O3.C10H8N2O.C2HF3O2/c15-8-4-7-12(14(19)20)17-13(18)11(16)9-10-5-2-1-3-6-10;11-10(13)8-5-7-3-1-2-4-9(7)12-6-8;3-2(4,5)1(6)7/h1-3,5-6,11-12H,4,7-9,15-16H2,(H,17,18)(H,19,20);1-6H,(H2,11,13);(H,6,7)/t11-,12-;;/m0../s1. The molecular formula is C26H30F3N5O6. The number of alkyl halides is 3. The number of carbonyl (C=O) groups is 4. The molecule has 0 aliphatic rings. The lowest BCUT2D eigenvalue weighted by Gasteiger charge is -2.17. The molecule has 0 unspecified atom stereocenters. The summed E-state index contributed by atoms with van der Waals surface area (Å²) >= 11 is 0. The number of carboxylic acids is 2. The number of carboxylic acid groups (broad SMARTS) is 2. The first-order valence-corrected chi connectivity index (χ1v) is 11.7. The Labute approximate surface area is 227 Å². The Morgan fingerprint density at radius 2 is 1.55 bits per heavy atom. The predicted octanol–water partition coefficient (Wildman–Crippen LogP) is 1.83. The number of nitrogens with two attached hydrogens (primary N) is 3. The van der Waals surface area contributed by atoms with Gasteiger partial charge < -0.3 is 32.7 Å². The Morgan fingerprint density at radius 1 is 0.975 bits per heavy atom. The van der Waals surface area contributed by atoms with Crippen molar-refractivity contribution in [1.29, 1.82) is 0 Å². The molecule has 0 bridgehead atoms. The summed E-state index contributed by atoms with van der Waals surface area (Å²) < 4.78 is 31.7. The molecule has 0 saturated carbocycles. The molecule has 40 heavy (non-hydrogen) atoms. The van der Waals surface area contributed by atoms with E-state index in [1.807, 2.05) is 54.6 Å². The van der Waals surface area contributed by atoms with Gasteiger partial charge in [-0.3, -0.25) is 14.6 Å². The minimum absolute atomic E-state index is 0.301. The number of rotatable bonds is 9. The van der Waals surface area contributed by atoms with Crippen molar-refractivity contribution in [3.63, 3.8) is 0 Å². The topological polar surface area (TPSA) is 212 Å². The van der Waals surface area contributed by atoms with Gasteiger partial charge >= 0.3 is 18.1 Å². The average molecular weight is 566 g/mol. The van der Waals surface area contributed by atoms with Crippen molar-refractivity contribution in [2.45, 2.75) is 37.5 Å².